The number of carbonyl (C=O) groups excluding carboxylic acids is 1. The van der Waals surface area contributed by atoms with Crippen LogP contribution in [0, 0.1) is 0 Å². The lowest BCUT2D eigenvalue weighted by Crippen LogP contribution is -2.33. The van der Waals surface area contributed by atoms with Gasteiger partial charge in [-0.2, -0.15) is 0 Å². The van der Waals surface area contributed by atoms with Crippen molar-refractivity contribution < 1.29 is 9.53 Å². The van der Waals surface area contributed by atoms with Gasteiger partial charge in [-0.3, -0.25) is 4.79 Å². The fraction of sp³-hybridized carbons (Fsp3) is 0.500. The number of aryl methyl sites for hydroxylation is 1. The topological polar surface area (TPSA) is 57.2 Å². The molecule has 0 amide bonds. The van der Waals surface area contributed by atoms with E-state index in [0.717, 1.165) is 12.1 Å². The van der Waals surface area contributed by atoms with Gasteiger partial charge in [-0.05, 0) is 25.0 Å². The quantitative estimate of drug-likeness (QED) is 0.715. The Morgan fingerprint density at radius 2 is 2.43 bits per heavy atom. The molecule has 0 radical (unpaired) electrons. The summed E-state index contributed by atoms with van der Waals surface area (Å²) in [4.78, 5) is 11.0. The first kappa shape index (κ1) is 10.8. The maximum atomic E-state index is 11.0. The van der Waals surface area contributed by atoms with Crippen LogP contribution in [0.15, 0.2) is 18.5 Å². The van der Waals surface area contributed by atoms with Crippen LogP contribution in [0.25, 0.3) is 0 Å². The SMILES string of the molecule is CCn1ccc(CC(N)C(=O)OC)c1. The highest BCUT2D eigenvalue weighted by Crippen LogP contribution is 2.04. The van der Waals surface area contributed by atoms with E-state index in [-0.39, 0.29) is 5.97 Å². The molecule has 0 saturated carbocycles. The van der Waals surface area contributed by atoms with Crippen molar-refractivity contribution in [2.75, 3.05) is 7.11 Å². The number of esters is 1. The molecular weight excluding hydrogens is 180 g/mol. The lowest BCUT2D eigenvalue weighted by atomic mass is 10.1. The van der Waals surface area contributed by atoms with Gasteiger partial charge in [0.2, 0.25) is 0 Å². The molecule has 1 aromatic rings. The average molecular weight is 196 g/mol. The molecule has 78 valence electrons. The zero-order chi connectivity index (χ0) is 10.6. The number of rotatable bonds is 4. The number of methoxy groups -OCH3 is 1. The molecule has 1 aromatic heterocycles. The van der Waals surface area contributed by atoms with E-state index in [2.05, 4.69) is 11.7 Å². The van der Waals surface area contributed by atoms with Gasteiger partial charge in [0.1, 0.15) is 6.04 Å². The van der Waals surface area contributed by atoms with Crippen molar-refractivity contribution >= 4 is 5.97 Å². The number of nitrogens with zero attached hydrogens (tertiary/aromatic N) is 1. The molecule has 0 spiro atoms. The van der Waals surface area contributed by atoms with Crippen LogP contribution in [0.2, 0.25) is 0 Å². The summed E-state index contributed by atoms with van der Waals surface area (Å²) >= 11 is 0. The summed E-state index contributed by atoms with van der Waals surface area (Å²) < 4.78 is 6.59. The number of nitrogens with two attached hydrogens (primary N) is 1. The van der Waals surface area contributed by atoms with Gasteiger partial charge in [-0.1, -0.05) is 0 Å². The molecule has 4 heteroatoms. The Morgan fingerprint density at radius 3 is 2.93 bits per heavy atom. The number of carbonyl (C=O) groups is 1. The zero-order valence-corrected chi connectivity index (χ0v) is 8.56. The van der Waals surface area contributed by atoms with E-state index in [4.69, 9.17) is 5.73 Å². The molecule has 4 nitrogen and oxygen atoms in total. The molecule has 14 heavy (non-hydrogen) atoms. The first-order chi connectivity index (χ1) is 6.67. The molecule has 0 bridgehead atoms. The lowest BCUT2D eigenvalue weighted by molar-refractivity contribution is -0.142. The van der Waals surface area contributed by atoms with Gasteiger partial charge in [0.05, 0.1) is 7.11 Å². The second-order valence-electron chi connectivity index (χ2n) is 3.18. The summed E-state index contributed by atoms with van der Waals surface area (Å²) in [5, 5.41) is 0. The summed E-state index contributed by atoms with van der Waals surface area (Å²) in [7, 11) is 1.35. The van der Waals surface area contributed by atoms with Crippen LogP contribution in [0.4, 0.5) is 0 Å². The van der Waals surface area contributed by atoms with E-state index in [1.54, 1.807) is 0 Å². The Morgan fingerprint density at radius 1 is 1.71 bits per heavy atom. The molecular formula is C10H16N2O2. The van der Waals surface area contributed by atoms with Gasteiger partial charge in [0.15, 0.2) is 0 Å². The minimum absolute atomic E-state index is 0.366. The largest absolute Gasteiger partial charge is 0.468 e. The van der Waals surface area contributed by atoms with Gasteiger partial charge < -0.3 is 15.0 Å². The minimum atomic E-state index is -0.562. The van der Waals surface area contributed by atoms with E-state index in [0.29, 0.717) is 6.42 Å². The molecule has 0 aliphatic rings. The molecule has 1 unspecified atom stereocenters. The predicted octanol–water partition coefficient (Wildman–Crippen LogP) is 0.551. The van der Waals surface area contributed by atoms with E-state index in [9.17, 15) is 4.79 Å². The molecule has 0 aromatic carbocycles. The third-order valence-electron chi connectivity index (χ3n) is 2.14. The molecule has 0 saturated heterocycles. The third kappa shape index (κ3) is 2.60. The second-order valence-corrected chi connectivity index (χ2v) is 3.18. The van der Waals surface area contributed by atoms with Crippen molar-refractivity contribution in [3.63, 3.8) is 0 Å². The molecule has 0 aliphatic heterocycles. The van der Waals surface area contributed by atoms with Crippen molar-refractivity contribution in [1.29, 1.82) is 0 Å². The Labute approximate surface area is 83.7 Å². The number of aromatic nitrogens is 1. The average Bonchev–Trinajstić information content (AvgIpc) is 2.64. The lowest BCUT2D eigenvalue weighted by Gasteiger charge is -2.07. The predicted molar refractivity (Wildman–Crippen MR) is 53.8 cm³/mol. The fourth-order valence-corrected chi connectivity index (χ4v) is 1.30. The van der Waals surface area contributed by atoms with E-state index >= 15 is 0 Å². The molecule has 0 aliphatic carbocycles. The Kier molecular flexibility index (Phi) is 3.71. The summed E-state index contributed by atoms with van der Waals surface area (Å²) in [5.41, 5.74) is 6.69. The van der Waals surface area contributed by atoms with Gasteiger partial charge >= 0.3 is 5.97 Å². The Balaban J connectivity index is 2.55. The van der Waals surface area contributed by atoms with Crippen molar-refractivity contribution in [2.45, 2.75) is 25.9 Å². The van der Waals surface area contributed by atoms with Gasteiger partial charge in [-0.15, -0.1) is 0 Å². The zero-order valence-electron chi connectivity index (χ0n) is 8.56. The maximum Gasteiger partial charge on any atom is 0.322 e. The summed E-state index contributed by atoms with van der Waals surface area (Å²) in [6, 6.07) is 1.40. The summed E-state index contributed by atoms with van der Waals surface area (Å²) in [6.45, 7) is 2.98. The Bertz CT molecular complexity index is 307. The standard InChI is InChI=1S/C10H16N2O2/c1-3-12-5-4-8(7-12)6-9(11)10(13)14-2/h4-5,7,9H,3,6,11H2,1-2H3. The third-order valence-corrected chi connectivity index (χ3v) is 2.14. The fourth-order valence-electron chi connectivity index (χ4n) is 1.30. The van der Waals surface area contributed by atoms with E-state index < -0.39 is 6.04 Å². The van der Waals surface area contributed by atoms with Crippen molar-refractivity contribution in [3.05, 3.63) is 24.0 Å². The summed E-state index contributed by atoms with van der Waals surface area (Å²) in [5.74, 6) is -0.366. The molecule has 1 atom stereocenters. The van der Waals surface area contributed by atoms with Gasteiger partial charge in [-0.25, -0.2) is 0 Å². The number of ether oxygens (including phenoxy) is 1. The van der Waals surface area contributed by atoms with E-state index in [1.807, 2.05) is 23.0 Å². The van der Waals surface area contributed by atoms with Crippen LogP contribution in [-0.2, 0) is 22.5 Å². The molecule has 2 N–H and O–H groups in total. The molecule has 1 rings (SSSR count). The van der Waals surface area contributed by atoms with Crippen LogP contribution < -0.4 is 5.73 Å². The minimum Gasteiger partial charge on any atom is -0.468 e. The molecule has 1 heterocycles. The molecule has 0 fully saturated rings. The highest BCUT2D eigenvalue weighted by molar-refractivity contribution is 5.75. The number of hydrogen-bond acceptors (Lipinski definition) is 3. The smallest absolute Gasteiger partial charge is 0.322 e. The van der Waals surface area contributed by atoms with Crippen LogP contribution in [0.1, 0.15) is 12.5 Å². The number of hydrogen-bond donors (Lipinski definition) is 1. The highest BCUT2D eigenvalue weighted by atomic mass is 16.5. The van der Waals surface area contributed by atoms with Gasteiger partial charge in [0, 0.05) is 18.9 Å². The first-order valence-corrected chi connectivity index (χ1v) is 4.65. The maximum absolute atomic E-state index is 11.0. The first-order valence-electron chi connectivity index (χ1n) is 4.65. The normalized spacial score (nSPS) is 12.5. The monoisotopic (exact) mass is 196 g/mol. The Hall–Kier alpha value is -1.29. The van der Waals surface area contributed by atoms with Crippen LogP contribution >= 0.6 is 0 Å². The van der Waals surface area contributed by atoms with Crippen LogP contribution in [0.5, 0.6) is 0 Å². The van der Waals surface area contributed by atoms with Crippen molar-refractivity contribution in [1.82, 2.24) is 4.57 Å². The summed E-state index contributed by atoms with van der Waals surface area (Å²) in [6.07, 6.45) is 4.49. The second kappa shape index (κ2) is 4.81. The van der Waals surface area contributed by atoms with Crippen molar-refractivity contribution in [2.24, 2.45) is 5.73 Å². The van der Waals surface area contributed by atoms with E-state index in [1.165, 1.54) is 7.11 Å². The highest BCUT2D eigenvalue weighted by Gasteiger charge is 2.14. The van der Waals surface area contributed by atoms with Crippen LogP contribution in [-0.4, -0.2) is 23.7 Å². The van der Waals surface area contributed by atoms with Crippen LogP contribution in [0.3, 0.4) is 0 Å². The van der Waals surface area contributed by atoms with Gasteiger partial charge in [0.25, 0.3) is 0 Å². The van der Waals surface area contributed by atoms with Crippen molar-refractivity contribution in [3.8, 4) is 0 Å².